The molecule has 5 heteroatoms. The Morgan fingerprint density at radius 2 is 2.16 bits per heavy atom. The smallest absolute Gasteiger partial charge is 0.128 e. The predicted molar refractivity (Wildman–Crippen MR) is 76.8 cm³/mol. The number of ether oxygens (including phenoxy) is 1. The molecule has 1 N–H and O–H groups in total. The van der Waals surface area contributed by atoms with Crippen LogP contribution in [0.3, 0.4) is 0 Å². The van der Waals surface area contributed by atoms with Crippen LogP contribution in [0, 0.1) is 5.82 Å². The fourth-order valence-corrected chi connectivity index (χ4v) is 2.02. The normalized spacial score (nSPS) is 10.3. The summed E-state index contributed by atoms with van der Waals surface area (Å²) in [5.41, 5.74) is 0.932. The molecule has 3 nitrogen and oxygen atoms in total. The number of benzene rings is 1. The van der Waals surface area contributed by atoms with Gasteiger partial charge in [-0.25, -0.2) is 9.37 Å². The van der Waals surface area contributed by atoms with Crippen molar-refractivity contribution in [1.82, 2.24) is 4.98 Å². The Kier molecular flexibility index (Phi) is 4.74. The lowest BCUT2D eigenvalue weighted by Crippen LogP contribution is -2.01. The second kappa shape index (κ2) is 6.52. The van der Waals surface area contributed by atoms with E-state index in [2.05, 4.69) is 26.2 Å². The summed E-state index contributed by atoms with van der Waals surface area (Å²) in [6.07, 6.45) is 1.74. The number of halogens is 2. The highest BCUT2D eigenvalue weighted by Crippen LogP contribution is 2.21. The van der Waals surface area contributed by atoms with Gasteiger partial charge >= 0.3 is 0 Å². The molecule has 0 saturated heterocycles. The molecule has 0 atom stereocenters. The molecule has 0 saturated carbocycles. The lowest BCUT2D eigenvalue weighted by atomic mass is 10.3. The zero-order valence-electron chi connectivity index (χ0n) is 10.5. The quantitative estimate of drug-likeness (QED) is 0.902. The third-order valence-electron chi connectivity index (χ3n) is 2.42. The Hall–Kier alpha value is -1.62. The minimum atomic E-state index is -0.329. The number of hydrogen-bond donors (Lipinski definition) is 1. The van der Waals surface area contributed by atoms with Crippen LogP contribution in [0.1, 0.15) is 12.5 Å². The summed E-state index contributed by atoms with van der Waals surface area (Å²) in [4.78, 5) is 4.24. The van der Waals surface area contributed by atoms with Crippen LogP contribution in [0.4, 0.5) is 10.2 Å². The molecule has 0 fully saturated rings. The van der Waals surface area contributed by atoms with Crippen LogP contribution in [0.2, 0.25) is 0 Å². The van der Waals surface area contributed by atoms with Gasteiger partial charge in [0.15, 0.2) is 0 Å². The maximum absolute atomic E-state index is 13.2. The Morgan fingerprint density at radius 1 is 1.32 bits per heavy atom. The van der Waals surface area contributed by atoms with E-state index in [0.29, 0.717) is 16.8 Å². The van der Waals surface area contributed by atoms with Crippen molar-refractivity contribution in [1.29, 1.82) is 0 Å². The number of nitrogens with zero attached hydrogens (tertiary/aromatic N) is 1. The first-order chi connectivity index (χ1) is 9.17. The van der Waals surface area contributed by atoms with E-state index in [1.54, 1.807) is 12.3 Å². The fraction of sp³-hybridized carbons (Fsp3) is 0.214. The van der Waals surface area contributed by atoms with Crippen LogP contribution in [0.15, 0.2) is 41.0 Å². The van der Waals surface area contributed by atoms with Crippen LogP contribution in [-0.4, -0.2) is 11.5 Å². The van der Waals surface area contributed by atoms with Gasteiger partial charge in [0.05, 0.1) is 0 Å². The van der Waals surface area contributed by atoms with Gasteiger partial charge in [0, 0.05) is 28.8 Å². The molecule has 100 valence electrons. The van der Waals surface area contributed by atoms with Crippen molar-refractivity contribution in [3.8, 4) is 5.75 Å². The summed E-state index contributed by atoms with van der Waals surface area (Å²) in [6, 6.07) is 8.29. The zero-order chi connectivity index (χ0) is 13.7. The van der Waals surface area contributed by atoms with Crippen molar-refractivity contribution in [3.63, 3.8) is 0 Å². The van der Waals surface area contributed by atoms with Gasteiger partial charge < -0.3 is 10.1 Å². The van der Waals surface area contributed by atoms with Gasteiger partial charge in [0.1, 0.15) is 24.0 Å². The van der Waals surface area contributed by atoms with Crippen LogP contribution < -0.4 is 10.1 Å². The molecule has 0 amide bonds. The van der Waals surface area contributed by atoms with E-state index < -0.39 is 0 Å². The van der Waals surface area contributed by atoms with E-state index >= 15 is 0 Å². The van der Waals surface area contributed by atoms with E-state index in [1.165, 1.54) is 12.1 Å². The fourth-order valence-electron chi connectivity index (χ4n) is 1.57. The van der Waals surface area contributed by atoms with Gasteiger partial charge in [-0.2, -0.15) is 0 Å². The summed E-state index contributed by atoms with van der Waals surface area (Å²) in [5.74, 6) is 0.993. The van der Waals surface area contributed by atoms with Crippen molar-refractivity contribution in [2.24, 2.45) is 0 Å². The van der Waals surface area contributed by atoms with Crippen LogP contribution in [0.5, 0.6) is 5.75 Å². The molecule has 19 heavy (non-hydrogen) atoms. The van der Waals surface area contributed by atoms with Gasteiger partial charge in [0.2, 0.25) is 0 Å². The number of aromatic nitrogens is 1. The summed E-state index contributed by atoms with van der Waals surface area (Å²) in [7, 11) is 0. The summed E-state index contributed by atoms with van der Waals surface area (Å²) >= 11 is 3.23. The van der Waals surface area contributed by atoms with Gasteiger partial charge in [0.25, 0.3) is 0 Å². The van der Waals surface area contributed by atoms with E-state index in [0.717, 1.165) is 17.9 Å². The van der Waals surface area contributed by atoms with Crippen molar-refractivity contribution < 1.29 is 9.13 Å². The maximum Gasteiger partial charge on any atom is 0.128 e. The molecule has 2 rings (SSSR count). The number of pyridine rings is 1. The zero-order valence-corrected chi connectivity index (χ0v) is 12.1. The molecule has 0 spiro atoms. The van der Waals surface area contributed by atoms with Crippen molar-refractivity contribution in [2.75, 3.05) is 11.9 Å². The third kappa shape index (κ3) is 4.21. The Labute approximate surface area is 119 Å². The first kappa shape index (κ1) is 13.8. The lowest BCUT2D eigenvalue weighted by molar-refractivity contribution is 0.304. The molecule has 2 aromatic rings. The molecule has 0 aliphatic carbocycles. The standard InChI is InChI=1S/C14H14BrFN2O/c1-2-17-14-4-3-10(8-18-14)9-19-13-6-11(15)5-12(16)7-13/h3-8H,2,9H2,1H3,(H,17,18). The number of anilines is 1. The molecule has 0 unspecified atom stereocenters. The highest BCUT2D eigenvalue weighted by Gasteiger charge is 2.01. The van der Waals surface area contributed by atoms with Crippen molar-refractivity contribution >= 4 is 21.7 Å². The third-order valence-corrected chi connectivity index (χ3v) is 2.88. The molecule has 0 aliphatic rings. The molecule has 1 aromatic carbocycles. The molecule has 0 radical (unpaired) electrons. The van der Waals surface area contributed by atoms with E-state index in [-0.39, 0.29) is 5.82 Å². The summed E-state index contributed by atoms with van der Waals surface area (Å²) < 4.78 is 19.3. The summed E-state index contributed by atoms with van der Waals surface area (Å²) in [5, 5.41) is 3.12. The molecule has 1 heterocycles. The molecular weight excluding hydrogens is 311 g/mol. The van der Waals surface area contributed by atoms with Crippen LogP contribution in [0.25, 0.3) is 0 Å². The second-order valence-corrected chi connectivity index (χ2v) is 4.89. The molecule has 0 aliphatic heterocycles. The van der Waals surface area contributed by atoms with E-state index in [9.17, 15) is 4.39 Å². The van der Waals surface area contributed by atoms with Gasteiger partial charge in [-0.15, -0.1) is 0 Å². The lowest BCUT2D eigenvalue weighted by Gasteiger charge is -2.08. The largest absolute Gasteiger partial charge is 0.489 e. The van der Waals surface area contributed by atoms with Crippen LogP contribution >= 0.6 is 15.9 Å². The van der Waals surface area contributed by atoms with Gasteiger partial charge in [-0.3, -0.25) is 0 Å². The van der Waals surface area contributed by atoms with Crippen molar-refractivity contribution in [2.45, 2.75) is 13.5 Å². The number of hydrogen-bond acceptors (Lipinski definition) is 3. The number of rotatable bonds is 5. The van der Waals surface area contributed by atoms with Crippen LogP contribution in [-0.2, 0) is 6.61 Å². The SMILES string of the molecule is CCNc1ccc(COc2cc(F)cc(Br)c2)cn1. The summed E-state index contributed by atoms with van der Waals surface area (Å²) in [6.45, 7) is 3.20. The Balaban J connectivity index is 1.98. The van der Waals surface area contributed by atoms with E-state index in [4.69, 9.17) is 4.74 Å². The van der Waals surface area contributed by atoms with Gasteiger partial charge in [-0.05, 0) is 25.1 Å². The van der Waals surface area contributed by atoms with E-state index in [1.807, 2.05) is 19.1 Å². The first-order valence-corrected chi connectivity index (χ1v) is 6.74. The monoisotopic (exact) mass is 324 g/mol. The highest BCUT2D eigenvalue weighted by molar-refractivity contribution is 9.10. The van der Waals surface area contributed by atoms with Gasteiger partial charge in [-0.1, -0.05) is 22.0 Å². The first-order valence-electron chi connectivity index (χ1n) is 5.95. The molecule has 1 aromatic heterocycles. The highest BCUT2D eigenvalue weighted by atomic mass is 79.9. The van der Waals surface area contributed by atoms with Crippen molar-refractivity contribution in [3.05, 3.63) is 52.4 Å². The minimum absolute atomic E-state index is 0.329. The Bertz CT molecular complexity index is 525. The topological polar surface area (TPSA) is 34.1 Å². The maximum atomic E-state index is 13.2. The Morgan fingerprint density at radius 3 is 2.79 bits per heavy atom. The molecule has 0 bridgehead atoms. The predicted octanol–water partition coefficient (Wildman–Crippen LogP) is 3.99. The average molecular weight is 325 g/mol. The second-order valence-electron chi connectivity index (χ2n) is 3.98. The molecular formula is C14H14BrFN2O. The number of nitrogens with one attached hydrogen (secondary N) is 1. The minimum Gasteiger partial charge on any atom is -0.489 e. The average Bonchev–Trinajstić information content (AvgIpc) is 2.37.